The van der Waals surface area contributed by atoms with Crippen LogP contribution < -0.4 is 9.47 Å². The molecule has 0 unspecified atom stereocenters. The van der Waals surface area contributed by atoms with Crippen molar-refractivity contribution >= 4 is 27.7 Å². The summed E-state index contributed by atoms with van der Waals surface area (Å²) in [6.07, 6.45) is 0. The first-order valence-corrected chi connectivity index (χ1v) is 7.44. The van der Waals surface area contributed by atoms with Gasteiger partial charge in [-0.15, -0.1) is 0 Å². The molecular formula is C15H17BrO5. The van der Waals surface area contributed by atoms with Gasteiger partial charge in [0.25, 0.3) is 5.78 Å². The molecule has 0 radical (unpaired) electrons. The maximum atomic E-state index is 12.1. The van der Waals surface area contributed by atoms with Gasteiger partial charge in [-0.3, -0.25) is 4.79 Å². The molecule has 0 bridgehead atoms. The smallest absolute Gasteiger partial charge is 0.379 e. The fourth-order valence-electron chi connectivity index (χ4n) is 1.83. The lowest BCUT2D eigenvalue weighted by Crippen LogP contribution is -2.26. The lowest BCUT2D eigenvalue weighted by atomic mass is 9.97. The summed E-state index contributed by atoms with van der Waals surface area (Å²) in [7, 11) is 0. The molecule has 0 amide bonds. The van der Waals surface area contributed by atoms with Gasteiger partial charge in [-0.2, -0.15) is 0 Å². The number of rotatable bonds is 3. The molecule has 1 heterocycles. The zero-order chi connectivity index (χ0) is 15.6. The monoisotopic (exact) mass is 356 g/mol. The number of ketones is 1. The third-order valence-electron chi connectivity index (χ3n) is 2.98. The molecule has 0 N–H and O–H groups in total. The number of carbonyl (C=O) groups excluding carboxylic acids is 2. The molecule has 6 heteroatoms. The number of esters is 1. The predicted molar refractivity (Wildman–Crippen MR) is 79.9 cm³/mol. The first-order valence-electron chi connectivity index (χ1n) is 6.64. The predicted octanol–water partition coefficient (Wildman–Crippen LogP) is 2.99. The van der Waals surface area contributed by atoms with Crippen molar-refractivity contribution in [2.45, 2.75) is 20.8 Å². The minimum absolute atomic E-state index is 0.128. The quantitative estimate of drug-likeness (QED) is 0.473. The fourth-order valence-corrected chi connectivity index (χ4v) is 2.33. The molecule has 0 aliphatic carbocycles. The number of carbonyl (C=O) groups is 2. The van der Waals surface area contributed by atoms with E-state index in [9.17, 15) is 9.59 Å². The highest BCUT2D eigenvalue weighted by Crippen LogP contribution is 2.38. The van der Waals surface area contributed by atoms with E-state index in [0.29, 0.717) is 29.2 Å². The minimum atomic E-state index is -0.881. The van der Waals surface area contributed by atoms with Crippen molar-refractivity contribution in [2.24, 2.45) is 5.41 Å². The normalized spacial score (nSPS) is 16.0. The Morgan fingerprint density at radius 1 is 1.24 bits per heavy atom. The summed E-state index contributed by atoms with van der Waals surface area (Å²) < 4.78 is 16.6. The Kier molecular flexibility index (Phi) is 4.56. The van der Waals surface area contributed by atoms with Gasteiger partial charge < -0.3 is 14.2 Å². The van der Waals surface area contributed by atoms with Crippen molar-refractivity contribution in [1.29, 1.82) is 0 Å². The van der Waals surface area contributed by atoms with E-state index in [2.05, 4.69) is 15.9 Å². The van der Waals surface area contributed by atoms with Gasteiger partial charge in [0.1, 0.15) is 0 Å². The molecule has 0 fully saturated rings. The number of hydrogen-bond donors (Lipinski definition) is 0. The van der Waals surface area contributed by atoms with Crippen molar-refractivity contribution in [2.75, 3.05) is 19.8 Å². The second kappa shape index (κ2) is 6.05. The molecule has 114 valence electrons. The summed E-state index contributed by atoms with van der Waals surface area (Å²) in [5.41, 5.74) is 0.0760. The standard InChI is InChI=1S/C15H17BrO5/c1-4-19-14(18)13(17)9-5-11-12(6-10(9)16)21-8-15(2,3)7-20-11/h5-6H,4,7-8H2,1-3H3. The van der Waals surface area contributed by atoms with Gasteiger partial charge >= 0.3 is 5.97 Å². The Balaban J connectivity index is 2.33. The number of fused-ring (bicyclic) bond motifs is 1. The minimum Gasteiger partial charge on any atom is -0.489 e. The van der Waals surface area contributed by atoms with Crippen molar-refractivity contribution in [1.82, 2.24) is 0 Å². The van der Waals surface area contributed by atoms with Crippen molar-refractivity contribution in [3.63, 3.8) is 0 Å². The average molecular weight is 357 g/mol. The Morgan fingerprint density at radius 3 is 2.38 bits per heavy atom. The first-order chi connectivity index (χ1) is 9.84. The van der Waals surface area contributed by atoms with Crippen molar-refractivity contribution in [3.05, 3.63) is 22.2 Å². The van der Waals surface area contributed by atoms with E-state index >= 15 is 0 Å². The van der Waals surface area contributed by atoms with E-state index in [0.717, 1.165) is 0 Å². The number of Topliss-reactive ketones (excluding diaryl/α,β-unsaturated/α-hetero) is 1. The summed E-state index contributed by atoms with van der Waals surface area (Å²) in [5.74, 6) is -0.587. The zero-order valence-corrected chi connectivity index (χ0v) is 13.8. The molecule has 1 aliphatic heterocycles. The van der Waals surface area contributed by atoms with Gasteiger partial charge in [-0.05, 0) is 35.0 Å². The lowest BCUT2D eigenvalue weighted by Gasteiger charge is -2.19. The van der Waals surface area contributed by atoms with E-state index in [-0.39, 0.29) is 17.6 Å². The van der Waals surface area contributed by atoms with Crippen LogP contribution in [0, 0.1) is 5.41 Å². The van der Waals surface area contributed by atoms with Crippen molar-refractivity contribution < 1.29 is 23.8 Å². The van der Waals surface area contributed by atoms with Crippen LogP contribution in [0.4, 0.5) is 0 Å². The van der Waals surface area contributed by atoms with Crippen LogP contribution >= 0.6 is 15.9 Å². The highest BCUT2D eigenvalue weighted by Gasteiger charge is 2.28. The molecule has 1 aliphatic rings. The molecule has 0 atom stereocenters. The summed E-state index contributed by atoms with van der Waals surface area (Å²) in [5, 5.41) is 0. The van der Waals surface area contributed by atoms with Crippen LogP contribution in [-0.2, 0) is 9.53 Å². The maximum absolute atomic E-state index is 12.1. The lowest BCUT2D eigenvalue weighted by molar-refractivity contribution is -0.137. The highest BCUT2D eigenvalue weighted by atomic mass is 79.9. The van der Waals surface area contributed by atoms with Crippen LogP contribution in [0.1, 0.15) is 31.1 Å². The van der Waals surface area contributed by atoms with E-state index in [1.54, 1.807) is 13.0 Å². The molecule has 0 spiro atoms. The van der Waals surface area contributed by atoms with Gasteiger partial charge in [0.2, 0.25) is 0 Å². The largest absolute Gasteiger partial charge is 0.489 e. The van der Waals surface area contributed by atoms with Crippen LogP contribution in [-0.4, -0.2) is 31.6 Å². The Labute approximate surface area is 131 Å². The molecule has 0 saturated carbocycles. The maximum Gasteiger partial charge on any atom is 0.379 e. The van der Waals surface area contributed by atoms with Crippen LogP contribution in [0.15, 0.2) is 16.6 Å². The van der Waals surface area contributed by atoms with Gasteiger partial charge in [0.15, 0.2) is 11.5 Å². The molecule has 1 aromatic rings. The van der Waals surface area contributed by atoms with Crippen LogP contribution in [0.2, 0.25) is 0 Å². The molecule has 0 saturated heterocycles. The molecule has 0 aromatic heterocycles. The van der Waals surface area contributed by atoms with Crippen LogP contribution in [0.3, 0.4) is 0 Å². The molecular weight excluding hydrogens is 340 g/mol. The summed E-state index contributed by atoms with van der Waals surface area (Å²) >= 11 is 3.29. The van der Waals surface area contributed by atoms with Crippen molar-refractivity contribution in [3.8, 4) is 11.5 Å². The van der Waals surface area contributed by atoms with Gasteiger partial charge in [-0.1, -0.05) is 13.8 Å². The number of hydrogen-bond acceptors (Lipinski definition) is 5. The Morgan fingerprint density at radius 2 is 1.81 bits per heavy atom. The second-order valence-electron chi connectivity index (χ2n) is 5.57. The fraction of sp³-hybridized carbons (Fsp3) is 0.467. The number of ether oxygens (including phenoxy) is 3. The topological polar surface area (TPSA) is 61.8 Å². The number of benzene rings is 1. The van der Waals surface area contributed by atoms with Crippen LogP contribution in [0.5, 0.6) is 11.5 Å². The third-order valence-corrected chi connectivity index (χ3v) is 3.63. The van der Waals surface area contributed by atoms with Gasteiger partial charge in [0, 0.05) is 15.5 Å². The van der Waals surface area contributed by atoms with E-state index in [1.165, 1.54) is 6.07 Å². The average Bonchev–Trinajstić information content (AvgIpc) is 2.57. The first kappa shape index (κ1) is 15.8. The SMILES string of the molecule is CCOC(=O)C(=O)c1cc2c(cc1Br)OCC(C)(C)CO2. The van der Waals surface area contributed by atoms with Crippen LogP contribution in [0.25, 0.3) is 0 Å². The molecule has 1 aromatic carbocycles. The highest BCUT2D eigenvalue weighted by molar-refractivity contribution is 9.10. The third kappa shape index (κ3) is 3.56. The van der Waals surface area contributed by atoms with E-state index in [1.807, 2.05) is 13.8 Å². The zero-order valence-electron chi connectivity index (χ0n) is 12.2. The molecule has 5 nitrogen and oxygen atoms in total. The summed E-state index contributed by atoms with van der Waals surface area (Å²) in [4.78, 5) is 23.6. The van der Waals surface area contributed by atoms with Gasteiger partial charge in [-0.25, -0.2) is 4.79 Å². The summed E-state index contributed by atoms with van der Waals surface area (Å²) in [6.45, 7) is 6.83. The Bertz CT molecular complexity index is 580. The summed E-state index contributed by atoms with van der Waals surface area (Å²) in [6, 6.07) is 3.16. The molecule has 21 heavy (non-hydrogen) atoms. The second-order valence-corrected chi connectivity index (χ2v) is 6.42. The Hall–Kier alpha value is -1.56. The number of halogens is 1. The van der Waals surface area contributed by atoms with Gasteiger partial charge in [0.05, 0.1) is 19.8 Å². The van der Waals surface area contributed by atoms with E-state index in [4.69, 9.17) is 14.2 Å². The van der Waals surface area contributed by atoms with E-state index < -0.39 is 11.8 Å². The molecule has 2 rings (SSSR count).